The molecule has 2 heteroatoms. The summed E-state index contributed by atoms with van der Waals surface area (Å²) in [6.07, 6.45) is 7.77. The summed E-state index contributed by atoms with van der Waals surface area (Å²) in [5.41, 5.74) is 2.38. The summed E-state index contributed by atoms with van der Waals surface area (Å²) in [6.45, 7) is 6.39. The van der Waals surface area contributed by atoms with Gasteiger partial charge in [0.05, 0.1) is 0 Å². The molecule has 0 aliphatic carbocycles. The maximum Gasteiger partial charge on any atom is 0.0273 e. The minimum absolute atomic E-state index is 1.09. The Morgan fingerprint density at radius 3 is 1.84 bits per heavy atom. The van der Waals surface area contributed by atoms with Crippen molar-refractivity contribution in [1.29, 1.82) is 0 Å². The van der Waals surface area contributed by atoms with Crippen LogP contribution in [0, 0.1) is 0 Å². The smallest absolute Gasteiger partial charge is 0.0273 e. The van der Waals surface area contributed by atoms with Gasteiger partial charge in [-0.25, -0.2) is 0 Å². The number of benzene rings is 1. The third-order valence-electron chi connectivity index (χ3n) is 2.47. The van der Waals surface area contributed by atoms with Gasteiger partial charge in [0.1, 0.15) is 0 Å². The van der Waals surface area contributed by atoms with Gasteiger partial charge in [-0.15, -0.1) is 0 Å². The van der Waals surface area contributed by atoms with Gasteiger partial charge in [0.15, 0.2) is 0 Å². The second-order valence-electron chi connectivity index (χ2n) is 3.98. The first-order chi connectivity index (χ1) is 9.36. The maximum absolute atomic E-state index is 3.97. The Kier molecular flexibility index (Phi) is 7.99. The summed E-state index contributed by atoms with van der Waals surface area (Å²) in [7, 11) is 0. The number of nitrogens with one attached hydrogen (secondary N) is 1. The van der Waals surface area contributed by atoms with Gasteiger partial charge in [-0.1, -0.05) is 56.3 Å². The van der Waals surface area contributed by atoms with Gasteiger partial charge in [0.25, 0.3) is 0 Å². The van der Waals surface area contributed by atoms with Gasteiger partial charge in [-0.05, 0) is 36.3 Å². The number of nitrogens with zero attached hydrogens (tertiary/aromatic N) is 1. The monoisotopic (exact) mass is 254 g/mol. The van der Waals surface area contributed by atoms with Gasteiger partial charge < -0.3 is 5.32 Å². The molecule has 0 atom stereocenters. The number of hydrogen-bond donors (Lipinski definition) is 1. The van der Waals surface area contributed by atoms with Crippen molar-refractivity contribution in [3.63, 3.8) is 0 Å². The molecule has 0 amide bonds. The van der Waals surface area contributed by atoms with E-state index < -0.39 is 0 Å². The number of pyridine rings is 1. The first kappa shape index (κ1) is 15.1. The number of rotatable bonds is 4. The fourth-order valence-electron chi connectivity index (χ4n) is 1.48. The molecular formula is C17H22N2. The molecule has 0 fully saturated rings. The van der Waals surface area contributed by atoms with E-state index in [1.165, 1.54) is 11.1 Å². The average Bonchev–Trinajstić information content (AvgIpc) is 2.49. The number of hydrogen-bond acceptors (Lipinski definition) is 2. The van der Waals surface area contributed by atoms with Crippen LogP contribution in [0.5, 0.6) is 0 Å². The summed E-state index contributed by atoms with van der Waals surface area (Å²) >= 11 is 0. The molecule has 0 saturated carbocycles. The van der Waals surface area contributed by atoms with Crippen molar-refractivity contribution in [3.8, 4) is 0 Å². The average molecular weight is 254 g/mol. The molecule has 0 radical (unpaired) electrons. The Morgan fingerprint density at radius 1 is 0.842 bits per heavy atom. The Balaban J connectivity index is 0.000000312. The van der Waals surface area contributed by atoms with Crippen molar-refractivity contribution < 1.29 is 0 Å². The van der Waals surface area contributed by atoms with Crippen LogP contribution in [0.1, 0.15) is 25.0 Å². The fourth-order valence-corrected chi connectivity index (χ4v) is 1.48. The lowest BCUT2D eigenvalue weighted by Gasteiger charge is -1.92. The van der Waals surface area contributed by atoms with Crippen LogP contribution in [-0.2, 0) is 0 Å². The molecule has 1 N–H and O–H groups in total. The van der Waals surface area contributed by atoms with Crippen LogP contribution in [0.25, 0.3) is 12.2 Å². The SMILES string of the molecule is C(=Cc1ccncc1)c1ccccc1.CCNCC. The highest BCUT2D eigenvalue weighted by atomic mass is 14.8. The molecular weight excluding hydrogens is 232 g/mol. The van der Waals surface area contributed by atoms with E-state index in [4.69, 9.17) is 0 Å². The van der Waals surface area contributed by atoms with Crippen molar-refractivity contribution in [3.05, 3.63) is 66.0 Å². The highest BCUT2D eigenvalue weighted by molar-refractivity contribution is 5.69. The van der Waals surface area contributed by atoms with Crippen LogP contribution >= 0.6 is 0 Å². The Morgan fingerprint density at radius 2 is 1.37 bits per heavy atom. The summed E-state index contributed by atoms with van der Waals surface area (Å²) in [5.74, 6) is 0. The fraction of sp³-hybridized carbons (Fsp3) is 0.235. The van der Waals surface area contributed by atoms with Crippen molar-refractivity contribution in [2.75, 3.05) is 13.1 Å². The first-order valence-corrected chi connectivity index (χ1v) is 6.70. The van der Waals surface area contributed by atoms with Gasteiger partial charge >= 0.3 is 0 Å². The van der Waals surface area contributed by atoms with E-state index in [0.29, 0.717) is 0 Å². The lowest BCUT2D eigenvalue weighted by molar-refractivity contribution is 0.762. The lowest BCUT2D eigenvalue weighted by atomic mass is 10.2. The van der Waals surface area contributed by atoms with E-state index >= 15 is 0 Å². The molecule has 1 aromatic carbocycles. The van der Waals surface area contributed by atoms with E-state index in [-0.39, 0.29) is 0 Å². The van der Waals surface area contributed by atoms with Gasteiger partial charge in [-0.3, -0.25) is 4.98 Å². The summed E-state index contributed by atoms with van der Waals surface area (Å²) in [6, 6.07) is 14.2. The van der Waals surface area contributed by atoms with E-state index in [9.17, 15) is 0 Å². The Labute approximate surface area is 116 Å². The zero-order valence-corrected chi connectivity index (χ0v) is 11.7. The second kappa shape index (κ2) is 10.0. The predicted molar refractivity (Wildman–Crippen MR) is 83.8 cm³/mol. The molecule has 19 heavy (non-hydrogen) atoms. The van der Waals surface area contributed by atoms with Crippen molar-refractivity contribution in [1.82, 2.24) is 10.3 Å². The third-order valence-corrected chi connectivity index (χ3v) is 2.47. The van der Waals surface area contributed by atoms with Crippen molar-refractivity contribution >= 4 is 12.2 Å². The molecule has 0 aliphatic heterocycles. The second-order valence-corrected chi connectivity index (χ2v) is 3.98. The topological polar surface area (TPSA) is 24.9 Å². The summed E-state index contributed by atoms with van der Waals surface area (Å²) in [5, 5.41) is 3.11. The van der Waals surface area contributed by atoms with Crippen LogP contribution < -0.4 is 5.32 Å². The molecule has 2 aromatic rings. The quantitative estimate of drug-likeness (QED) is 0.896. The highest BCUT2D eigenvalue weighted by Gasteiger charge is 1.84. The van der Waals surface area contributed by atoms with Crippen LogP contribution in [0.2, 0.25) is 0 Å². The zero-order valence-electron chi connectivity index (χ0n) is 11.7. The van der Waals surface area contributed by atoms with E-state index in [2.05, 4.69) is 48.4 Å². The minimum atomic E-state index is 1.09. The van der Waals surface area contributed by atoms with Crippen molar-refractivity contribution in [2.24, 2.45) is 0 Å². The summed E-state index contributed by atoms with van der Waals surface area (Å²) < 4.78 is 0. The van der Waals surface area contributed by atoms with E-state index in [1.807, 2.05) is 30.3 Å². The molecule has 1 heterocycles. The Hall–Kier alpha value is -1.93. The Bertz CT molecular complexity index is 406. The molecule has 100 valence electrons. The van der Waals surface area contributed by atoms with E-state index in [0.717, 1.165) is 13.1 Å². The molecule has 0 bridgehead atoms. The molecule has 0 saturated heterocycles. The lowest BCUT2D eigenvalue weighted by Crippen LogP contribution is -2.09. The van der Waals surface area contributed by atoms with Gasteiger partial charge in [0.2, 0.25) is 0 Å². The molecule has 0 unspecified atom stereocenters. The van der Waals surface area contributed by atoms with Crippen LogP contribution in [0.3, 0.4) is 0 Å². The first-order valence-electron chi connectivity index (χ1n) is 6.70. The van der Waals surface area contributed by atoms with Gasteiger partial charge in [0, 0.05) is 12.4 Å². The van der Waals surface area contributed by atoms with E-state index in [1.54, 1.807) is 12.4 Å². The predicted octanol–water partition coefficient (Wildman–Crippen LogP) is 3.87. The van der Waals surface area contributed by atoms with Crippen LogP contribution in [0.15, 0.2) is 54.9 Å². The minimum Gasteiger partial charge on any atom is -0.317 e. The third kappa shape index (κ3) is 7.17. The molecule has 2 rings (SSSR count). The summed E-state index contributed by atoms with van der Waals surface area (Å²) in [4.78, 5) is 3.97. The van der Waals surface area contributed by atoms with Gasteiger partial charge in [-0.2, -0.15) is 0 Å². The molecule has 2 nitrogen and oxygen atoms in total. The molecule has 1 aromatic heterocycles. The van der Waals surface area contributed by atoms with Crippen LogP contribution in [-0.4, -0.2) is 18.1 Å². The maximum atomic E-state index is 3.97. The number of aromatic nitrogens is 1. The van der Waals surface area contributed by atoms with Crippen molar-refractivity contribution in [2.45, 2.75) is 13.8 Å². The largest absolute Gasteiger partial charge is 0.317 e. The normalized spacial score (nSPS) is 10.0. The molecule has 0 aliphatic rings. The molecule has 0 spiro atoms. The standard InChI is InChI=1S/C13H11N.C4H11N/c1-2-4-12(5-3-1)6-7-13-8-10-14-11-9-13;1-3-5-4-2/h1-11H;5H,3-4H2,1-2H3. The van der Waals surface area contributed by atoms with Crippen LogP contribution in [0.4, 0.5) is 0 Å². The highest BCUT2D eigenvalue weighted by Crippen LogP contribution is 2.06. The zero-order chi connectivity index (χ0) is 13.8.